The third kappa shape index (κ3) is 3.40. The molecular formula is C14H18BrNO2. The van der Waals surface area contributed by atoms with Crippen LogP contribution >= 0.6 is 15.9 Å². The lowest BCUT2D eigenvalue weighted by molar-refractivity contribution is 0.0945. The van der Waals surface area contributed by atoms with Gasteiger partial charge < -0.3 is 5.11 Å². The van der Waals surface area contributed by atoms with Gasteiger partial charge in [0.1, 0.15) is 0 Å². The van der Waals surface area contributed by atoms with Crippen LogP contribution in [0.3, 0.4) is 0 Å². The number of aliphatic hydroxyl groups excluding tert-OH is 1. The number of hydrogen-bond acceptors (Lipinski definition) is 3. The van der Waals surface area contributed by atoms with Crippen molar-refractivity contribution in [3.63, 3.8) is 0 Å². The highest BCUT2D eigenvalue weighted by atomic mass is 79.9. The molecule has 0 spiro atoms. The molecule has 2 rings (SSSR count). The van der Waals surface area contributed by atoms with Crippen LogP contribution in [0.4, 0.5) is 0 Å². The zero-order valence-electron chi connectivity index (χ0n) is 10.3. The predicted molar refractivity (Wildman–Crippen MR) is 74.8 cm³/mol. The number of carbonyl (C=O) groups is 1. The molecule has 98 valence electrons. The lowest BCUT2D eigenvalue weighted by Gasteiger charge is -2.21. The molecule has 1 heterocycles. The quantitative estimate of drug-likeness (QED) is 0.849. The lowest BCUT2D eigenvalue weighted by atomic mass is 10.1. The Kier molecular flexibility index (Phi) is 4.92. The molecule has 1 atom stereocenters. The monoisotopic (exact) mass is 311 g/mol. The minimum atomic E-state index is 0.172. The Balaban J connectivity index is 1.86. The summed E-state index contributed by atoms with van der Waals surface area (Å²) in [4.78, 5) is 14.2. The number of likely N-dealkylation sites (tertiary alicyclic amines) is 1. The summed E-state index contributed by atoms with van der Waals surface area (Å²) in [6.45, 7) is 1.95. The van der Waals surface area contributed by atoms with Crippen LogP contribution < -0.4 is 0 Å². The number of Topliss-reactive ketones (excluding diaryl/α,β-unsaturated/α-hetero) is 1. The number of aliphatic hydroxyl groups is 1. The maximum absolute atomic E-state index is 12.0. The summed E-state index contributed by atoms with van der Waals surface area (Å²) >= 11 is 3.36. The largest absolute Gasteiger partial charge is 0.395 e. The molecule has 1 aliphatic rings. The standard InChI is InChI=1S/C14H18BrNO2/c15-12-5-3-11(4-6-12)14(18)7-9-16-8-1-2-13(16)10-17/h3-6,13,17H,1-2,7-10H2. The predicted octanol–water partition coefficient (Wildman–Crippen LogP) is 2.48. The molecule has 1 N–H and O–H groups in total. The molecule has 0 saturated carbocycles. The van der Waals surface area contributed by atoms with Gasteiger partial charge in [-0.25, -0.2) is 0 Å². The van der Waals surface area contributed by atoms with Crippen molar-refractivity contribution in [1.82, 2.24) is 4.90 Å². The second-order valence-electron chi connectivity index (χ2n) is 4.69. The van der Waals surface area contributed by atoms with Crippen LogP contribution in [-0.2, 0) is 0 Å². The maximum Gasteiger partial charge on any atom is 0.164 e. The van der Waals surface area contributed by atoms with Crippen molar-refractivity contribution in [3.05, 3.63) is 34.3 Å². The molecule has 4 heteroatoms. The van der Waals surface area contributed by atoms with Gasteiger partial charge in [-0.3, -0.25) is 9.69 Å². The fourth-order valence-electron chi connectivity index (χ4n) is 2.42. The van der Waals surface area contributed by atoms with Crippen molar-refractivity contribution in [2.75, 3.05) is 19.7 Å². The Labute approximate surface area is 116 Å². The van der Waals surface area contributed by atoms with Crippen molar-refractivity contribution in [2.24, 2.45) is 0 Å². The first-order valence-electron chi connectivity index (χ1n) is 6.34. The van der Waals surface area contributed by atoms with Crippen molar-refractivity contribution >= 4 is 21.7 Å². The minimum Gasteiger partial charge on any atom is -0.395 e. The molecule has 3 nitrogen and oxygen atoms in total. The summed E-state index contributed by atoms with van der Waals surface area (Å²) in [5.41, 5.74) is 0.762. The first-order valence-corrected chi connectivity index (χ1v) is 7.13. The Morgan fingerprint density at radius 1 is 1.39 bits per heavy atom. The SMILES string of the molecule is O=C(CCN1CCCC1CO)c1ccc(Br)cc1. The van der Waals surface area contributed by atoms with Crippen LogP contribution in [0.2, 0.25) is 0 Å². The van der Waals surface area contributed by atoms with Gasteiger partial charge in [0, 0.05) is 29.0 Å². The number of benzene rings is 1. The Hall–Kier alpha value is -0.710. The molecule has 1 fully saturated rings. The molecule has 0 bridgehead atoms. The first-order chi connectivity index (χ1) is 8.70. The van der Waals surface area contributed by atoms with Crippen LogP contribution in [0.15, 0.2) is 28.7 Å². The average molecular weight is 312 g/mol. The van der Waals surface area contributed by atoms with E-state index in [4.69, 9.17) is 0 Å². The van der Waals surface area contributed by atoms with Crippen LogP contribution in [0.5, 0.6) is 0 Å². The first kappa shape index (κ1) is 13.7. The van der Waals surface area contributed by atoms with E-state index in [0.29, 0.717) is 6.42 Å². The fraction of sp³-hybridized carbons (Fsp3) is 0.500. The molecule has 0 aromatic heterocycles. The van der Waals surface area contributed by atoms with E-state index >= 15 is 0 Å². The van der Waals surface area contributed by atoms with E-state index in [0.717, 1.165) is 36.0 Å². The normalized spacial score (nSPS) is 20.2. The summed E-state index contributed by atoms with van der Waals surface area (Å²) in [6, 6.07) is 7.72. The van der Waals surface area contributed by atoms with Crippen molar-refractivity contribution in [2.45, 2.75) is 25.3 Å². The average Bonchev–Trinajstić information content (AvgIpc) is 2.84. The topological polar surface area (TPSA) is 40.5 Å². The number of halogens is 1. The highest BCUT2D eigenvalue weighted by Gasteiger charge is 2.23. The van der Waals surface area contributed by atoms with Crippen molar-refractivity contribution in [1.29, 1.82) is 0 Å². The van der Waals surface area contributed by atoms with E-state index < -0.39 is 0 Å². The molecule has 0 radical (unpaired) electrons. The Bertz CT molecular complexity index is 405. The molecule has 1 saturated heterocycles. The Morgan fingerprint density at radius 2 is 2.11 bits per heavy atom. The van der Waals surface area contributed by atoms with Gasteiger partial charge in [-0.2, -0.15) is 0 Å². The molecule has 0 amide bonds. The van der Waals surface area contributed by atoms with Crippen LogP contribution in [0, 0.1) is 0 Å². The maximum atomic E-state index is 12.0. The van der Waals surface area contributed by atoms with E-state index in [1.807, 2.05) is 24.3 Å². The highest BCUT2D eigenvalue weighted by Crippen LogP contribution is 2.18. The third-order valence-corrected chi connectivity index (χ3v) is 4.03. The van der Waals surface area contributed by atoms with Gasteiger partial charge in [0.15, 0.2) is 5.78 Å². The van der Waals surface area contributed by atoms with Crippen LogP contribution in [-0.4, -0.2) is 41.5 Å². The zero-order chi connectivity index (χ0) is 13.0. The lowest BCUT2D eigenvalue weighted by Crippen LogP contribution is -2.33. The molecule has 1 aromatic carbocycles. The summed E-state index contributed by atoms with van der Waals surface area (Å²) in [5.74, 6) is 0.172. The van der Waals surface area contributed by atoms with Crippen molar-refractivity contribution in [3.8, 4) is 0 Å². The van der Waals surface area contributed by atoms with Gasteiger partial charge in [-0.1, -0.05) is 28.1 Å². The van der Waals surface area contributed by atoms with Gasteiger partial charge in [0.25, 0.3) is 0 Å². The van der Waals surface area contributed by atoms with Gasteiger partial charge in [-0.15, -0.1) is 0 Å². The minimum absolute atomic E-state index is 0.172. The fourth-order valence-corrected chi connectivity index (χ4v) is 2.69. The van der Waals surface area contributed by atoms with E-state index in [1.165, 1.54) is 0 Å². The molecule has 0 aliphatic carbocycles. The second-order valence-corrected chi connectivity index (χ2v) is 5.61. The number of carbonyl (C=O) groups excluding carboxylic acids is 1. The molecular weight excluding hydrogens is 294 g/mol. The highest BCUT2D eigenvalue weighted by molar-refractivity contribution is 9.10. The van der Waals surface area contributed by atoms with E-state index in [1.54, 1.807) is 0 Å². The smallest absolute Gasteiger partial charge is 0.164 e. The van der Waals surface area contributed by atoms with E-state index in [9.17, 15) is 9.90 Å². The van der Waals surface area contributed by atoms with Gasteiger partial charge >= 0.3 is 0 Å². The number of ketones is 1. The van der Waals surface area contributed by atoms with Crippen molar-refractivity contribution < 1.29 is 9.90 Å². The molecule has 1 unspecified atom stereocenters. The van der Waals surface area contributed by atoms with E-state index in [2.05, 4.69) is 20.8 Å². The molecule has 18 heavy (non-hydrogen) atoms. The summed E-state index contributed by atoms with van der Waals surface area (Å²) in [5, 5.41) is 9.22. The number of nitrogens with zero attached hydrogens (tertiary/aromatic N) is 1. The van der Waals surface area contributed by atoms with Gasteiger partial charge in [0.2, 0.25) is 0 Å². The number of rotatable bonds is 5. The zero-order valence-corrected chi connectivity index (χ0v) is 11.9. The van der Waals surface area contributed by atoms with Crippen LogP contribution in [0.1, 0.15) is 29.6 Å². The van der Waals surface area contributed by atoms with Crippen LogP contribution in [0.25, 0.3) is 0 Å². The molecule has 1 aliphatic heterocycles. The summed E-state index contributed by atoms with van der Waals surface area (Å²) in [6.07, 6.45) is 2.69. The second kappa shape index (κ2) is 6.45. The van der Waals surface area contributed by atoms with E-state index in [-0.39, 0.29) is 18.4 Å². The van der Waals surface area contributed by atoms with Gasteiger partial charge in [0.05, 0.1) is 6.61 Å². The number of hydrogen-bond donors (Lipinski definition) is 1. The third-order valence-electron chi connectivity index (χ3n) is 3.50. The summed E-state index contributed by atoms with van der Waals surface area (Å²) in [7, 11) is 0. The van der Waals surface area contributed by atoms with Gasteiger partial charge in [-0.05, 0) is 31.5 Å². The Morgan fingerprint density at radius 3 is 2.78 bits per heavy atom. The molecule has 1 aromatic rings. The summed E-state index contributed by atoms with van der Waals surface area (Å²) < 4.78 is 0.985.